The number of anilines is 1. The van der Waals surface area contributed by atoms with Gasteiger partial charge in [-0.1, -0.05) is 23.7 Å². The number of rotatable bonds is 2. The summed E-state index contributed by atoms with van der Waals surface area (Å²) in [6.45, 7) is 2.79. The predicted molar refractivity (Wildman–Crippen MR) is 77.5 cm³/mol. The van der Waals surface area contributed by atoms with E-state index in [9.17, 15) is 4.79 Å². The van der Waals surface area contributed by atoms with Gasteiger partial charge >= 0.3 is 6.03 Å². The highest BCUT2D eigenvalue weighted by Gasteiger charge is 2.28. The molecule has 0 aromatic heterocycles. The number of nitrogens with zero attached hydrogens (tertiary/aromatic N) is 2. The maximum atomic E-state index is 12.3. The summed E-state index contributed by atoms with van der Waals surface area (Å²) in [4.78, 5) is 16.2. The van der Waals surface area contributed by atoms with Crippen LogP contribution in [0.4, 0.5) is 10.5 Å². The van der Waals surface area contributed by atoms with Gasteiger partial charge in [-0.25, -0.2) is 4.79 Å². The Morgan fingerprint density at radius 2 is 2.21 bits per heavy atom. The second-order valence-corrected chi connectivity index (χ2v) is 5.16. The van der Waals surface area contributed by atoms with E-state index in [2.05, 4.69) is 10.2 Å². The molecule has 1 atom stereocenters. The van der Waals surface area contributed by atoms with Crippen LogP contribution in [0, 0.1) is 0 Å². The SMILES string of the molecule is CN1CCN(C(=O)Nc2ccccc2Cl)C(CN)C1. The van der Waals surface area contributed by atoms with Crippen LogP contribution in [0.5, 0.6) is 0 Å². The van der Waals surface area contributed by atoms with Gasteiger partial charge in [0.25, 0.3) is 0 Å². The summed E-state index contributed by atoms with van der Waals surface area (Å²) in [6, 6.07) is 7.11. The Hall–Kier alpha value is -1.30. The second-order valence-electron chi connectivity index (χ2n) is 4.76. The second kappa shape index (κ2) is 6.23. The molecule has 2 amide bonds. The predicted octanol–water partition coefficient (Wildman–Crippen LogP) is 1.45. The molecule has 1 aliphatic rings. The van der Waals surface area contributed by atoms with Crippen molar-refractivity contribution in [2.45, 2.75) is 6.04 Å². The Bertz CT molecular complexity index is 454. The summed E-state index contributed by atoms with van der Waals surface area (Å²) in [5.41, 5.74) is 6.37. The molecule has 0 saturated carbocycles. The number of carbonyl (C=O) groups excluding carboxylic acids is 1. The molecular weight excluding hydrogens is 264 g/mol. The molecule has 1 saturated heterocycles. The van der Waals surface area contributed by atoms with E-state index < -0.39 is 0 Å². The van der Waals surface area contributed by atoms with Gasteiger partial charge < -0.3 is 20.9 Å². The maximum absolute atomic E-state index is 12.3. The first-order valence-electron chi connectivity index (χ1n) is 6.32. The fraction of sp³-hybridized carbons (Fsp3) is 0.462. The quantitative estimate of drug-likeness (QED) is 0.863. The van der Waals surface area contributed by atoms with Gasteiger partial charge in [-0.3, -0.25) is 0 Å². The van der Waals surface area contributed by atoms with Gasteiger partial charge in [0.15, 0.2) is 0 Å². The number of nitrogens with two attached hydrogens (primary N) is 1. The molecule has 19 heavy (non-hydrogen) atoms. The van der Waals surface area contributed by atoms with Crippen LogP contribution in [0.1, 0.15) is 0 Å². The summed E-state index contributed by atoms with van der Waals surface area (Å²) in [6.07, 6.45) is 0. The molecule has 6 heteroatoms. The van der Waals surface area contributed by atoms with Gasteiger partial charge in [-0.05, 0) is 19.2 Å². The molecule has 1 aromatic carbocycles. The molecule has 0 spiro atoms. The number of benzene rings is 1. The van der Waals surface area contributed by atoms with Crippen molar-refractivity contribution < 1.29 is 4.79 Å². The van der Waals surface area contributed by atoms with Gasteiger partial charge in [0.2, 0.25) is 0 Å². The van der Waals surface area contributed by atoms with Gasteiger partial charge in [0.1, 0.15) is 0 Å². The molecule has 0 aliphatic carbocycles. The van der Waals surface area contributed by atoms with Crippen molar-refractivity contribution in [3.8, 4) is 0 Å². The third-order valence-corrected chi connectivity index (χ3v) is 3.66. The molecule has 0 radical (unpaired) electrons. The maximum Gasteiger partial charge on any atom is 0.322 e. The Kier molecular flexibility index (Phi) is 4.63. The monoisotopic (exact) mass is 282 g/mol. The van der Waals surface area contributed by atoms with Crippen molar-refractivity contribution in [3.05, 3.63) is 29.3 Å². The number of piperazine rings is 1. The van der Waals surface area contributed by atoms with E-state index in [1.54, 1.807) is 17.0 Å². The van der Waals surface area contributed by atoms with Crippen LogP contribution in [-0.2, 0) is 0 Å². The van der Waals surface area contributed by atoms with Crippen LogP contribution in [0.2, 0.25) is 5.02 Å². The average molecular weight is 283 g/mol. The van der Waals surface area contributed by atoms with Crippen LogP contribution < -0.4 is 11.1 Å². The summed E-state index contributed by atoms with van der Waals surface area (Å²) < 4.78 is 0. The number of para-hydroxylation sites is 1. The molecule has 1 aliphatic heterocycles. The molecule has 1 heterocycles. The van der Waals surface area contributed by atoms with Gasteiger partial charge in [0.05, 0.1) is 16.8 Å². The van der Waals surface area contributed by atoms with E-state index >= 15 is 0 Å². The number of hydrogen-bond acceptors (Lipinski definition) is 3. The molecule has 1 fully saturated rings. The Labute approximate surface area is 118 Å². The standard InChI is InChI=1S/C13H19ClN4O/c1-17-6-7-18(10(8-15)9-17)13(19)16-12-5-3-2-4-11(12)14/h2-5,10H,6-9,15H2,1H3,(H,16,19). The summed E-state index contributed by atoms with van der Waals surface area (Å²) in [5, 5.41) is 3.38. The minimum Gasteiger partial charge on any atom is -0.328 e. The van der Waals surface area contributed by atoms with E-state index in [0.717, 1.165) is 13.1 Å². The number of likely N-dealkylation sites (N-methyl/N-ethyl adjacent to an activating group) is 1. The highest BCUT2D eigenvalue weighted by atomic mass is 35.5. The lowest BCUT2D eigenvalue weighted by molar-refractivity contribution is 0.120. The van der Waals surface area contributed by atoms with E-state index in [-0.39, 0.29) is 12.1 Å². The topological polar surface area (TPSA) is 61.6 Å². The van der Waals surface area contributed by atoms with E-state index in [1.165, 1.54) is 0 Å². The summed E-state index contributed by atoms with van der Waals surface area (Å²) in [5.74, 6) is 0. The summed E-state index contributed by atoms with van der Waals surface area (Å²) >= 11 is 6.03. The van der Waals surface area contributed by atoms with Crippen molar-refractivity contribution in [1.29, 1.82) is 0 Å². The first-order valence-corrected chi connectivity index (χ1v) is 6.70. The van der Waals surface area contributed by atoms with Crippen LogP contribution in [-0.4, -0.2) is 55.1 Å². The zero-order valence-corrected chi connectivity index (χ0v) is 11.7. The number of halogens is 1. The highest BCUT2D eigenvalue weighted by molar-refractivity contribution is 6.33. The van der Waals surface area contributed by atoms with Crippen LogP contribution >= 0.6 is 11.6 Å². The van der Waals surface area contributed by atoms with Crippen molar-refractivity contribution in [1.82, 2.24) is 9.80 Å². The Balaban J connectivity index is 2.05. The highest BCUT2D eigenvalue weighted by Crippen LogP contribution is 2.21. The van der Waals surface area contributed by atoms with Crippen molar-refractivity contribution >= 4 is 23.3 Å². The molecular formula is C13H19ClN4O. The first kappa shape index (κ1) is 14.1. The van der Waals surface area contributed by atoms with E-state index in [4.69, 9.17) is 17.3 Å². The van der Waals surface area contributed by atoms with Crippen LogP contribution in [0.15, 0.2) is 24.3 Å². The molecule has 1 aromatic rings. The first-order chi connectivity index (χ1) is 9.11. The third kappa shape index (κ3) is 3.37. The fourth-order valence-corrected chi connectivity index (χ4v) is 2.41. The largest absolute Gasteiger partial charge is 0.328 e. The summed E-state index contributed by atoms with van der Waals surface area (Å²) in [7, 11) is 2.03. The molecule has 104 valence electrons. The molecule has 5 nitrogen and oxygen atoms in total. The lowest BCUT2D eigenvalue weighted by Crippen LogP contribution is -2.57. The average Bonchev–Trinajstić information content (AvgIpc) is 2.41. The zero-order valence-electron chi connectivity index (χ0n) is 11.0. The number of amides is 2. The Morgan fingerprint density at radius 1 is 1.47 bits per heavy atom. The molecule has 2 rings (SSSR count). The van der Waals surface area contributed by atoms with Crippen LogP contribution in [0.3, 0.4) is 0 Å². The lowest BCUT2D eigenvalue weighted by atomic mass is 10.2. The minimum absolute atomic E-state index is 0.0428. The van der Waals surface area contributed by atoms with Gasteiger partial charge in [0, 0.05) is 26.2 Å². The molecule has 1 unspecified atom stereocenters. The normalized spacial score (nSPS) is 20.4. The van der Waals surface area contributed by atoms with E-state index in [1.807, 2.05) is 19.2 Å². The van der Waals surface area contributed by atoms with Gasteiger partial charge in [-0.2, -0.15) is 0 Å². The van der Waals surface area contributed by atoms with Crippen molar-refractivity contribution in [2.24, 2.45) is 5.73 Å². The number of carbonyl (C=O) groups is 1. The van der Waals surface area contributed by atoms with Gasteiger partial charge in [-0.15, -0.1) is 0 Å². The zero-order chi connectivity index (χ0) is 13.8. The van der Waals surface area contributed by atoms with Crippen molar-refractivity contribution in [3.63, 3.8) is 0 Å². The fourth-order valence-electron chi connectivity index (χ4n) is 2.23. The lowest BCUT2D eigenvalue weighted by Gasteiger charge is -2.39. The van der Waals surface area contributed by atoms with Crippen LogP contribution in [0.25, 0.3) is 0 Å². The van der Waals surface area contributed by atoms with Crippen molar-refractivity contribution in [2.75, 3.05) is 38.5 Å². The number of hydrogen-bond donors (Lipinski definition) is 2. The molecule has 0 bridgehead atoms. The Morgan fingerprint density at radius 3 is 2.89 bits per heavy atom. The smallest absolute Gasteiger partial charge is 0.322 e. The minimum atomic E-state index is -0.142. The van der Waals surface area contributed by atoms with E-state index in [0.29, 0.717) is 23.8 Å². The number of urea groups is 1. The third-order valence-electron chi connectivity index (χ3n) is 3.33. The molecule has 3 N–H and O–H groups in total. The number of nitrogens with one attached hydrogen (secondary N) is 1.